The summed E-state index contributed by atoms with van der Waals surface area (Å²) in [5, 5.41) is 7.43. The molecule has 0 unspecified atom stereocenters. The zero-order valence-corrected chi connectivity index (χ0v) is 13.1. The van der Waals surface area contributed by atoms with Crippen LogP contribution in [0.3, 0.4) is 0 Å². The molecule has 19 heavy (non-hydrogen) atoms. The van der Waals surface area contributed by atoms with Crippen LogP contribution in [0.1, 0.15) is 12.5 Å². The number of thiocarbonyl (C=S) groups is 1. The predicted octanol–water partition coefficient (Wildman–Crippen LogP) is 2.83. The molecule has 2 N–H and O–H groups in total. The van der Waals surface area contributed by atoms with Crippen LogP contribution in [0, 0.1) is 0 Å². The zero-order chi connectivity index (χ0) is 14.1. The van der Waals surface area contributed by atoms with Gasteiger partial charge < -0.3 is 10.1 Å². The number of halogens is 1. The van der Waals surface area contributed by atoms with E-state index in [9.17, 15) is 0 Å². The van der Waals surface area contributed by atoms with Gasteiger partial charge in [-0.25, -0.2) is 0 Å². The molecule has 4 nitrogen and oxygen atoms in total. The Kier molecular flexibility index (Phi) is 7.14. The Morgan fingerprint density at radius 2 is 2.37 bits per heavy atom. The second kappa shape index (κ2) is 8.66. The molecule has 0 aliphatic rings. The summed E-state index contributed by atoms with van der Waals surface area (Å²) in [6, 6.07) is 5.74. The van der Waals surface area contributed by atoms with Gasteiger partial charge in [0.25, 0.3) is 0 Å². The third kappa shape index (κ3) is 5.85. The van der Waals surface area contributed by atoms with Crippen molar-refractivity contribution in [2.45, 2.75) is 6.92 Å². The molecule has 0 amide bonds. The zero-order valence-electron chi connectivity index (χ0n) is 10.6. The molecule has 0 saturated heterocycles. The van der Waals surface area contributed by atoms with Crippen molar-refractivity contribution in [3.63, 3.8) is 0 Å². The molecule has 1 aromatic rings. The fourth-order valence-electron chi connectivity index (χ4n) is 1.27. The Morgan fingerprint density at radius 3 is 3.05 bits per heavy atom. The minimum atomic E-state index is 0.448. The maximum Gasteiger partial charge on any atom is 0.187 e. The number of rotatable bonds is 6. The topological polar surface area (TPSA) is 45.7 Å². The quantitative estimate of drug-likeness (QED) is 0.361. The van der Waals surface area contributed by atoms with Gasteiger partial charge in [0.1, 0.15) is 5.75 Å². The minimum absolute atomic E-state index is 0.448. The summed E-state index contributed by atoms with van der Waals surface area (Å²) in [5.74, 6) is 0.779. The smallest absolute Gasteiger partial charge is 0.187 e. The molecule has 0 aromatic heterocycles. The van der Waals surface area contributed by atoms with Crippen LogP contribution in [0.5, 0.6) is 5.75 Å². The fraction of sp³-hybridized carbons (Fsp3) is 0.231. The lowest BCUT2D eigenvalue weighted by molar-refractivity contribution is 0.339. The molecular formula is C13H16BrN3OS. The van der Waals surface area contributed by atoms with Crippen molar-refractivity contribution in [2.24, 2.45) is 5.10 Å². The van der Waals surface area contributed by atoms with Crippen LogP contribution < -0.4 is 15.5 Å². The summed E-state index contributed by atoms with van der Waals surface area (Å²) < 4.78 is 6.48. The summed E-state index contributed by atoms with van der Waals surface area (Å²) in [5.41, 5.74) is 3.60. The van der Waals surface area contributed by atoms with Crippen LogP contribution in [0.15, 0.2) is 40.4 Å². The molecule has 0 aliphatic heterocycles. The van der Waals surface area contributed by atoms with Gasteiger partial charge in [-0.15, -0.1) is 6.58 Å². The third-order valence-electron chi connectivity index (χ3n) is 2.05. The Morgan fingerprint density at radius 1 is 1.58 bits per heavy atom. The average Bonchev–Trinajstić information content (AvgIpc) is 2.39. The molecule has 6 heteroatoms. The van der Waals surface area contributed by atoms with Crippen LogP contribution in [0.2, 0.25) is 0 Å². The summed E-state index contributed by atoms with van der Waals surface area (Å²) in [4.78, 5) is 0. The number of ether oxygens (including phenoxy) is 1. The van der Waals surface area contributed by atoms with E-state index >= 15 is 0 Å². The highest BCUT2D eigenvalue weighted by molar-refractivity contribution is 9.10. The van der Waals surface area contributed by atoms with E-state index in [-0.39, 0.29) is 0 Å². The molecule has 0 fully saturated rings. The molecule has 0 radical (unpaired) electrons. The average molecular weight is 342 g/mol. The molecule has 0 heterocycles. The normalized spacial score (nSPS) is 10.2. The van der Waals surface area contributed by atoms with E-state index in [2.05, 4.69) is 38.4 Å². The van der Waals surface area contributed by atoms with E-state index < -0.39 is 0 Å². The molecule has 1 rings (SSSR count). The van der Waals surface area contributed by atoms with Gasteiger partial charge in [0, 0.05) is 16.6 Å². The van der Waals surface area contributed by atoms with Gasteiger partial charge in [0.2, 0.25) is 0 Å². The maximum absolute atomic E-state index is 5.51. The summed E-state index contributed by atoms with van der Waals surface area (Å²) in [7, 11) is 0. The number of hydrazone groups is 1. The summed E-state index contributed by atoms with van der Waals surface area (Å²) >= 11 is 8.44. The van der Waals surface area contributed by atoms with E-state index in [0.29, 0.717) is 18.3 Å². The number of benzene rings is 1. The highest BCUT2D eigenvalue weighted by Gasteiger charge is 2.01. The number of nitrogens with zero attached hydrogens (tertiary/aromatic N) is 1. The highest BCUT2D eigenvalue weighted by atomic mass is 79.9. The number of hydrogen-bond donors (Lipinski definition) is 2. The van der Waals surface area contributed by atoms with E-state index in [1.807, 2.05) is 25.1 Å². The Hall–Kier alpha value is -1.40. The van der Waals surface area contributed by atoms with E-state index in [1.165, 1.54) is 0 Å². The molecule has 0 aliphatic carbocycles. The molecule has 0 saturated carbocycles. The van der Waals surface area contributed by atoms with Crippen molar-refractivity contribution in [2.75, 3.05) is 13.2 Å². The first-order valence-corrected chi connectivity index (χ1v) is 6.97. The largest absolute Gasteiger partial charge is 0.493 e. The van der Waals surface area contributed by atoms with E-state index in [1.54, 1.807) is 12.3 Å². The SMILES string of the molecule is C=CCNC(=S)N/N=C\c1cc(Br)ccc1OCC. The van der Waals surface area contributed by atoms with Crippen molar-refractivity contribution >= 4 is 39.5 Å². The second-order valence-corrected chi connectivity index (χ2v) is 4.81. The summed E-state index contributed by atoms with van der Waals surface area (Å²) in [6.45, 7) is 6.74. The molecular weight excluding hydrogens is 326 g/mol. The first-order valence-electron chi connectivity index (χ1n) is 5.77. The van der Waals surface area contributed by atoms with Crippen LogP contribution >= 0.6 is 28.1 Å². The van der Waals surface area contributed by atoms with Gasteiger partial charge >= 0.3 is 0 Å². The Labute approximate surface area is 127 Å². The first-order chi connectivity index (χ1) is 9.17. The third-order valence-corrected chi connectivity index (χ3v) is 2.78. The Balaban J connectivity index is 2.66. The van der Waals surface area contributed by atoms with Crippen molar-refractivity contribution in [1.82, 2.24) is 10.7 Å². The maximum atomic E-state index is 5.51. The molecule has 1 aromatic carbocycles. The van der Waals surface area contributed by atoms with Crippen molar-refractivity contribution in [3.05, 3.63) is 40.9 Å². The minimum Gasteiger partial charge on any atom is -0.493 e. The lowest BCUT2D eigenvalue weighted by Crippen LogP contribution is -2.31. The van der Waals surface area contributed by atoms with Crippen LogP contribution in [-0.2, 0) is 0 Å². The number of hydrogen-bond acceptors (Lipinski definition) is 3. The van der Waals surface area contributed by atoms with Crippen molar-refractivity contribution in [1.29, 1.82) is 0 Å². The van der Waals surface area contributed by atoms with E-state index in [4.69, 9.17) is 17.0 Å². The highest BCUT2D eigenvalue weighted by Crippen LogP contribution is 2.21. The summed E-state index contributed by atoms with van der Waals surface area (Å²) in [6.07, 6.45) is 3.39. The van der Waals surface area contributed by atoms with Crippen LogP contribution in [0.25, 0.3) is 0 Å². The lowest BCUT2D eigenvalue weighted by Gasteiger charge is -2.07. The Bertz CT molecular complexity index is 477. The fourth-order valence-corrected chi connectivity index (χ4v) is 1.79. The number of nitrogens with one attached hydrogen (secondary N) is 2. The van der Waals surface area contributed by atoms with Gasteiger partial charge in [-0.05, 0) is 37.3 Å². The molecule has 0 atom stereocenters. The standard InChI is InChI=1S/C13H16BrN3OS/c1-3-7-15-13(19)17-16-9-10-8-11(14)5-6-12(10)18-4-2/h3,5-6,8-9H,1,4,7H2,2H3,(H2,15,17,19)/b16-9-. The van der Waals surface area contributed by atoms with Gasteiger partial charge in [0.05, 0.1) is 12.8 Å². The second-order valence-electron chi connectivity index (χ2n) is 3.48. The van der Waals surface area contributed by atoms with Gasteiger partial charge in [-0.2, -0.15) is 5.10 Å². The van der Waals surface area contributed by atoms with Crippen molar-refractivity contribution < 1.29 is 4.74 Å². The molecule has 102 valence electrons. The predicted molar refractivity (Wildman–Crippen MR) is 86.8 cm³/mol. The van der Waals surface area contributed by atoms with Crippen LogP contribution in [0.4, 0.5) is 0 Å². The van der Waals surface area contributed by atoms with Gasteiger partial charge in [-0.1, -0.05) is 22.0 Å². The van der Waals surface area contributed by atoms with E-state index in [0.717, 1.165) is 15.8 Å². The molecule has 0 spiro atoms. The van der Waals surface area contributed by atoms with Gasteiger partial charge in [0.15, 0.2) is 5.11 Å². The van der Waals surface area contributed by atoms with Gasteiger partial charge in [-0.3, -0.25) is 5.43 Å². The monoisotopic (exact) mass is 341 g/mol. The van der Waals surface area contributed by atoms with Crippen LogP contribution in [-0.4, -0.2) is 24.5 Å². The lowest BCUT2D eigenvalue weighted by atomic mass is 10.2. The van der Waals surface area contributed by atoms with Crippen molar-refractivity contribution in [3.8, 4) is 5.75 Å². The first kappa shape index (κ1) is 15.7. The molecule has 0 bridgehead atoms.